The van der Waals surface area contributed by atoms with E-state index in [2.05, 4.69) is 30.8 Å². The Labute approximate surface area is 76.6 Å². The highest BCUT2D eigenvalue weighted by Gasteiger charge is 1.96. The van der Waals surface area contributed by atoms with Gasteiger partial charge in [0.25, 0.3) is 0 Å². The summed E-state index contributed by atoms with van der Waals surface area (Å²) < 4.78 is 0. The van der Waals surface area contributed by atoms with Gasteiger partial charge in [-0.2, -0.15) is 0 Å². The summed E-state index contributed by atoms with van der Waals surface area (Å²) in [5.74, 6) is 0. The van der Waals surface area contributed by atoms with E-state index < -0.39 is 0 Å². The molecule has 2 heteroatoms. The maximum Gasteiger partial charge on any atom is 0.00153 e. The summed E-state index contributed by atoms with van der Waals surface area (Å²) in [5, 5.41) is 3.14. The molecule has 0 unspecified atom stereocenters. The van der Waals surface area contributed by atoms with Gasteiger partial charge in [-0.25, -0.2) is 0 Å². The van der Waals surface area contributed by atoms with Crippen LogP contribution in [0.25, 0.3) is 0 Å². The Hall–Kier alpha value is -0.340. The molecule has 0 bridgehead atoms. The van der Waals surface area contributed by atoms with Crippen molar-refractivity contribution < 1.29 is 0 Å². The zero-order valence-electron chi connectivity index (χ0n) is 8.69. The van der Waals surface area contributed by atoms with Gasteiger partial charge in [0.2, 0.25) is 0 Å². The Morgan fingerprint density at radius 2 is 2.08 bits per heavy atom. The molecule has 0 aromatic rings. The monoisotopic (exact) mass is 170 g/mol. The molecule has 0 aliphatic heterocycles. The Bertz CT molecular complexity index is 121. The summed E-state index contributed by atoms with van der Waals surface area (Å²) in [7, 11) is 4.16. The number of hydrogen-bond donors (Lipinski definition) is 1. The van der Waals surface area contributed by atoms with Crippen molar-refractivity contribution in [3.05, 3.63) is 12.2 Å². The predicted octanol–water partition coefficient (Wildman–Crippen LogP) is 1.49. The van der Waals surface area contributed by atoms with Gasteiger partial charge in [0, 0.05) is 6.54 Å². The van der Waals surface area contributed by atoms with E-state index in [4.69, 9.17) is 0 Å². The van der Waals surface area contributed by atoms with Gasteiger partial charge in [-0.15, -0.1) is 6.58 Å². The van der Waals surface area contributed by atoms with Crippen LogP contribution >= 0.6 is 0 Å². The molecule has 0 aromatic carbocycles. The minimum Gasteiger partial charge on any atom is -0.320 e. The van der Waals surface area contributed by atoms with E-state index in [1.165, 1.54) is 18.5 Å². The highest BCUT2D eigenvalue weighted by Crippen LogP contribution is 1.97. The molecule has 0 saturated carbocycles. The van der Waals surface area contributed by atoms with Gasteiger partial charge in [0.15, 0.2) is 0 Å². The lowest BCUT2D eigenvalue weighted by Crippen LogP contribution is -2.23. The van der Waals surface area contributed by atoms with Gasteiger partial charge < -0.3 is 10.2 Å². The first kappa shape index (κ1) is 11.7. The molecule has 72 valence electrons. The maximum absolute atomic E-state index is 3.88. The van der Waals surface area contributed by atoms with Crippen LogP contribution in [0.15, 0.2) is 12.2 Å². The lowest BCUT2D eigenvalue weighted by Gasteiger charge is -2.15. The summed E-state index contributed by atoms with van der Waals surface area (Å²) in [6.07, 6.45) is 2.35. The summed E-state index contributed by atoms with van der Waals surface area (Å²) >= 11 is 0. The highest BCUT2D eigenvalue weighted by molar-refractivity contribution is 4.88. The quantitative estimate of drug-likeness (QED) is 0.460. The molecule has 0 aromatic heterocycles. The van der Waals surface area contributed by atoms with Crippen LogP contribution in [-0.2, 0) is 0 Å². The zero-order chi connectivity index (χ0) is 9.40. The van der Waals surface area contributed by atoms with E-state index in [1.807, 2.05) is 7.05 Å². The molecular weight excluding hydrogens is 148 g/mol. The van der Waals surface area contributed by atoms with E-state index in [9.17, 15) is 0 Å². The number of hydrogen-bond acceptors (Lipinski definition) is 2. The van der Waals surface area contributed by atoms with Crippen LogP contribution in [0.2, 0.25) is 0 Å². The molecule has 0 spiro atoms. The fourth-order valence-electron chi connectivity index (χ4n) is 1.02. The minimum atomic E-state index is 1.11. The molecule has 0 aliphatic carbocycles. The van der Waals surface area contributed by atoms with E-state index in [0.717, 1.165) is 19.5 Å². The van der Waals surface area contributed by atoms with E-state index in [1.54, 1.807) is 0 Å². The first-order valence-electron chi connectivity index (χ1n) is 4.64. The molecule has 1 N–H and O–H groups in total. The average molecular weight is 170 g/mol. The zero-order valence-corrected chi connectivity index (χ0v) is 8.69. The van der Waals surface area contributed by atoms with Crippen LogP contribution in [0.5, 0.6) is 0 Å². The fourth-order valence-corrected chi connectivity index (χ4v) is 1.02. The van der Waals surface area contributed by atoms with Crippen LogP contribution in [0.1, 0.15) is 19.8 Å². The number of rotatable bonds is 7. The summed E-state index contributed by atoms with van der Waals surface area (Å²) in [6, 6.07) is 0. The second kappa shape index (κ2) is 7.32. The van der Waals surface area contributed by atoms with Crippen molar-refractivity contribution in [2.45, 2.75) is 19.8 Å². The smallest absolute Gasteiger partial charge is 0.00153 e. The van der Waals surface area contributed by atoms with E-state index in [-0.39, 0.29) is 0 Å². The third kappa shape index (κ3) is 7.76. The van der Waals surface area contributed by atoms with Crippen LogP contribution in [0.3, 0.4) is 0 Å². The minimum absolute atomic E-state index is 1.11. The molecule has 0 rings (SSSR count). The van der Waals surface area contributed by atoms with Crippen molar-refractivity contribution in [3.63, 3.8) is 0 Å². The Kier molecular flexibility index (Phi) is 7.11. The fraction of sp³-hybridized carbons (Fsp3) is 0.800. The molecule has 0 fully saturated rings. The van der Waals surface area contributed by atoms with Gasteiger partial charge in [-0.05, 0) is 47.0 Å². The molecule has 0 amide bonds. The molecule has 0 heterocycles. The lowest BCUT2D eigenvalue weighted by molar-refractivity contribution is 0.332. The topological polar surface area (TPSA) is 15.3 Å². The van der Waals surface area contributed by atoms with E-state index >= 15 is 0 Å². The van der Waals surface area contributed by atoms with Gasteiger partial charge in [-0.1, -0.05) is 5.57 Å². The highest BCUT2D eigenvalue weighted by atomic mass is 15.1. The molecule has 0 saturated heterocycles. The van der Waals surface area contributed by atoms with Gasteiger partial charge >= 0.3 is 0 Å². The Morgan fingerprint density at radius 3 is 2.58 bits per heavy atom. The lowest BCUT2D eigenvalue weighted by atomic mass is 10.2. The van der Waals surface area contributed by atoms with Crippen molar-refractivity contribution >= 4 is 0 Å². The van der Waals surface area contributed by atoms with Crippen molar-refractivity contribution in [1.82, 2.24) is 10.2 Å². The second-order valence-electron chi connectivity index (χ2n) is 3.47. The third-order valence-corrected chi connectivity index (χ3v) is 1.89. The second-order valence-corrected chi connectivity index (χ2v) is 3.47. The number of nitrogens with one attached hydrogen (secondary N) is 1. The van der Waals surface area contributed by atoms with Crippen molar-refractivity contribution in [2.24, 2.45) is 0 Å². The summed E-state index contributed by atoms with van der Waals surface area (Å²) in [6.45, 7) is 9.39. The normalized spacial score (nSPS) is 10.7. The standard InChI is InChI=1S/C10H22N2/c1-10(2)6-9-12(4)8-5-7-11-3/h11H,1,5-9H2,2-4H3. The first-order valence-corrected chi connectivity index (χ1v) is 4.64. The van der Waals surface area contributed by atoms with Crippen molar-refractivity contribution in [3.8, 4) is 0 Å². The van der Waals surface area contributed by atoms with Gasteiger partial charge in [-0.3, -0.25) is 0 Å². The number of nitrogens with zero attached hydrogens (tertiary/aromatic N) is 1. The molecule has 0 atom stereocenters. The predicted molar refractivity (Wildman–Crippen MR) is 55.5 cm³/mol. The van der Waals surface area contributed by atoms with Crippen molar-refractivity contribution in [1.29, 1.82) is 0 Å². The molecule has 2 nitrogen and oxygen atoms in total. The Balaban J connectivity index is 3.21. The van der Waals surface area contributed by atoms with Crippen molar-refractivity contribution in [2.75, 3.05) is 33.7 Å². The SMILES string of the molecule is C=C(C)CCN(C)CCCNC. The molecular formula is C10H22N2. The third-order valence-electron chi connectivity index (χ3n) is 1.89. The van der Waals surface area contributed by atoms with Crippen LogP contribution in [-0.4, -0.2) is 38.6 Å². The van der Waals surface area contributed by atoms with Crippen LogP contribution in [0.4, 0.5) is 0 Å². The van der Waals surface area contributed by atoms with Crippen LogP contribution < -0.4 is 5.32 Å². The Morgan fingerprint density at radius 1 is 1.42 bits per heavy atom. The first-order chi connectivity index (χ1) is 5.66. The van der Waals surface area contributed by atoms with E-state index in [0.29, 0.717) is 0 Å². The molecule has 0 radical (unpaired) electrons. The summed E-state index contributed by atoms with van der Waals surface area (Å²) in [4.78, 5) is 2.35. The van der Waals surface area contributed by atoms with Gasteiger partial charge in [0.1, 0.15) is 0 Å². The maximum atomic E-state index is 3.88. The van der Waals surface area contributed by atoms with Crippen LogP contribution in [0, 0.1) is 0 Å². The summed E-state index contributed by atoms with van der Waals surface area (Å²) in [5.41, 5.74) is 1.27. The molecule has 12 heavy (non-hydrogen) atoms. The van der Waals surface area contributed by atoms with Gasteiger partial charge in [0.05, 0.1) is 0 Å². The molecule has 0 aliphatic rings. The average Bonchev–Trinajstić information content (AvgIpc) is 2.01. The largest absolute Gasteiger partial charge is 0.320 e.